The number of nitrogens with two attached hydrogens (primary N) is 1. The molecule has 0 aromatic carbocycles. The van der Waals surface area contributed by atoms with Gasteiger partial charge in [-0.25, -0.2) is 0 Å². The molecule has 0 heterocycles. The zero-order chi connectivity index (χ0) is 11.9. The first-order chi connectivity index (χ1) is 7.72. The van der Waals surface area contributed by atoms with Gasteiger partial charge < -0.3 is 11.1 Å². The zero-order valence-electron chi connectivity index (χ0n) is 11.0. The van der Waals surface area contributed by atoms with Crippen LogP contribution in [-0.4, -0.2) is 18.0 Å². The molecule has 1 saturated carbocycles. The highest BCUT2D eigenvalue weighted by atomic mass is 35.5. The lowest BCUT2D eigenvalue weighted by molar-refractivity contribution is -0.124. The molecule has 1 aliphatic rings. The standard InChI is InChI=1S/C13H26N2O.ClH/c1-2-13(9-7-10-13)15-12(16)8-5-3-4-6-11-14;/h2-11,14H2,1H3,(H,15,16);1H. The molecule has 1 aliphatic carbocycles. The smallest absolute Gasteiger partial charge is 0.220 e. The van der Waals surface area contributed by atoms with E-state index in [4.69, 9.17) is 5.73 Å². The van der Waals surface area contributed by atoms with Gasteiger partial charge in [-0.2, -0.15) is 0 Å². The molecule has 1 amide bonds. The summed E-state index contributed by atoms with van der Waals surface area (Å²) < 4.78 is 0. The first-order valence-electron chi connectivity index (χ1n) is 6.73. The van der Waals surface area contributed by atoms with E-state index in [-0.39, 0.29) is 23.9 Å². The molecule has 1 fully saturated rings. The van der Waals surface area contributed by atoms with E-state index in [1.54, 1.807) is 0 Å². The van der Waals surface area contributed by atoms with Gasteiger partial charge in [0.2, 0.25) is 5.91 Å². The maximum atomic E-state index is 11.7. The Bertz CT molecular complexity index is 212. The van der Waals surface area contributed by atoms with Crippen LogP contribution in [0.1, 0.15) is 64.7 Å². The van der Waals surface area contributed by atoms with E-state index in [2.05, 4.69) is 12.2 Å². The summed E-state index contributed by atoms with van der Waals surface area (Å²) in [6.07, 6.45) is 9.74. The summed E-state index contributed by atoms with van der Waals surface area (Å²) >= 11 is 0. The Hall–Kier alpha value is -0.280. The van der Waals surface area contributed by atoms with E-state index in [0.717, 1.165) is 38.6 Å². The molecule has 0 aromatic heterocycles. The SMILES string of the molecule is CCC1(NC(=O)CCCCCCN)CCC1.Cl. The van der Waals surface area contributed by atoms with Gasteiger partial charge in [0.15, 0.2) is 0 Å². The second-order valence-corrected chi connectivity index (χ2v) is 4.99. The van der Waals surface area contributed by atoms with E-state index < -0.39 is 0 Å². The zero-order valence-corrected chi connectivity index (χ0v) is 11.8. The van der Waals surface area contributed by atoms with Crippen LogP contribution in [0.3, 0.4) is 0 Å². The van der Waals surface area contributed by atoms with Crippen LogP contribution in [-0.2, 0) is 4.79 Å². The fraction of sp³-hybridized carbons (Fsp3) is 0.923. The summed E-state index contributed by atoms with van der Waals surface area (Å²) in [6.45, 7) is 2.94. The molecule has 0 bridgehead atoms. The van der Waals surface area contributed by atoms with Gasteiger partial charge in [0.25, 0.3) is 0 Å². The van der Waals surface area contributed by atoms with E-state index in [1.807, 2.05) is 0 Å². The van der Waals surface area contributed by atoms with Crippen LogP contribution < -0.4 is 11.1 Å². The van der Waals surface area contributed by atoms with E-state index in [1.165, 1.54) is 19.3 Å². The monoisotopic (exact) mass is 262 g/mol. The molecular formula is C13H27ClN2O. The molecule has 17 heavy (non-hydrogen) atoms. The minimum atomic E-state index is 0. The fourth-order valence-corrected chi connectivity index (χ4v) is 2.31. The van der Waals surface area contributed by atoms with Crippen LogP contribution in [0, 0.1) is 0 Å². The number of nitrogens with one attached hydrogen (secondary N) is 1. The first kappa shape index (κ1) is 16.7. The van der Waals surface area contributed by atoms with Crippen molar-refractivity contribution in [3.8, 4) is 0 Å². The number of hydrogen-bond donors (Lipinski definition) is 2. The summed E-state index contributed by atoms with van der Waals surface area (Å²) in [4.78, 5) is 11.7. The molecular weight excluding hydrogens is 236 g/mol. The Balaban J connectivity index is 0.00000256. The van der Waals surface area contributed by atoms with Crippen molar-refractivity contribution in [2.75, 3.05) is 6.54 Å². The van der Waals surface area contributed by atoms with Crippen LogP contribution in [0.4, 0.5) is 0 Å². The van der Waals surface area contributed by atoms with Crippen molar-refractivity contribution in [3.63, 3.8) is 0 Å². The van der Waals surface area contributed by atoms with Crippen LogP contribution in [0.2, 0.25) is 0 Å². The van der Waals surface area contributed by atoms with Gasteiger partial charge in [-0.05, 0) is 45.1 Å². The Labute approximate surface area is 111 Å². The lowest BCUT2D eigenvalue weighted by atomic mass is 9.75. The molecule has 1 rings (SSSR count). The number of carbonyl (C=O) groups is 1. The van der Waals surface area contributed by atoms with Crippen molar-refractivity contribution >= 4 is 18.3 Å². The van der Waals surface area contributed by atoms with Crippen LogP contribution >= 0.6 is 12.4 Å². The highest BCUT2D eigenvalue weighted by Gasteiger charge is 2.35. The Kier molecular flexibility index (Phi) is 8.61. The molecule has 0 aromatic rings. The molecule has 102 valence electrons. The average molecular weight is 263 g/mol. The summed E-state index contributed by atoms with van der Waals surface area (Å²) in [5.41, 5.74) is 5.58. The second kappa shape index (κ2) is 8.76. The van der Waals surface area contributed by atoms with Crippen LogP contribution in [0.25, 0.3) is 0 Å². The maximum Gasteiger partial charge on any atom is 0.220 e. The topological polar surface area (TPSA) is 55.1 Å². The van der Waals surface area contributed by atoms with Crippen LogP contribution in [0.15, 0.2) is 0 Å². The second-order valence-electron chi connectivity index (χ2n) is 4.99. The molecule has 0 atom stereocenters. The van der Waals surface area contributed by atoms with Gasteiger partial charge in [0.05, 0.1) is 0 Å². The summed E-state index contributed by atoms with van der Waals surface area (Å²) in [5.74, 6) is 0.245. The first-order valence-corrected chi connectivity index (χ1v) is 6.73. The molecule has 0 aliphatic heterocycles. The molecule has 0 radical (unpaired) electrons. The van der Waals surface area contributed by atoms with Gasteiger partial charge in [-0.1, -0.05) is 19.8 Å². The largest absolute Gasteiger partial charge is 0.351 e. The van der Waals surface area contributed by atoms with Crippen molar-refractivity contribution < 1.29 is 4.79 Å². The van der Waals surface area contributed by atoms with Gasteiger partial charge >= 0.3 is 0 Å². The summed E-state index contributed by atoms with van der Waals surface area (Å²) in [5, 5.41) is 3.21. The lowest BCUT2D eigenvalue weighted by Crippen LogP contribution is -2.52. The summed E-state index contributed by atoms with van der Waals surface area (Å²) in [6, 6.07) is 0. The van der Waals surface area contributed by atoms with Crippen molar-refractivity contribution in [2.45, 2.75) is 70.3 Å². The Morgan fingerprint density at radius 2 is 1.88 bits per heavy atom. The predicted octanol–water partition coefficient (Wildman–Crippen LogP) is 2.77. The van der Waals surface area contributed by atoms with E-state index in [0.29, 0.717) is 6.42 Å². The lowest BCUT2D eigenvalue weighted by Gasteiger charge is -2.42. The van der Waals surface area contributed by atoms with Gasteiger partial charge in [-0.3, -0.25) is 4.79 Å². The Morgan fingerprint density at radius 1 is 1.24 bits per heavy atom. The molecule has 3 N–H and O–H groups in total. The fourth-order valence-electron chi connectivity index (χ4n) is 2.31. The number of amides is 1. The number of rotatable bonds is 8. The minimum absolute atomic E-state index is 0. The molecule has 0 spiro atoms. The minimum Gasteiger partial charge on any atom is -0.351 e. The highest BCUT2D eigenvalue weighted by Crippen LogP contribution is 2.34. The highest BCUT2D eigenvalue weighted by molar-refractivity contribution is 5.85. The summed E-state index contributed by atoms with van der Waals surface area (Å²) in [7, 11) is 0. The van der Waals surface area contributed by atoms with E-state index in [9.17, 15) is 4.79 Å². The third-order valence-corrected chi connectivity index (χ3v) is 3.75. The van der Waals surface area contributed by atoms with Gasteiger partial charge in [0.1, 0.15) is 0 Å². The van der Waals surface area contributed by atoms with Crippen molar-refractivity contribution in [1.29, 1.82) is 0 Å². The predicted molar refractivity (Wildman–Crippen MR) is 74.4 cm³/mol. The maximum absolute atomic E-state index is 11.7. The number of hydrogen-bond acceptors (Lipinski definition) is 2. The number of unbranched alkanes of at least 4 members (excludes halogenated alkanes) is 3. The third kappa shape index (κ3) is 5.73. The molecule has 3 nitrogen and oxygen atoms in total. The van der Waals surface area contributed by atoms with Crippen molar-refractivity contribution in [3.05, 3.63) is 0 Å². The quantitative estimate of drug-likeness (QED) is 0.661. The number of halogens is 1. The molecule has 0 unspecified atom stereocenters. The molecule has 4 heteroatoms. The van der Waals surface area contributed by atoms with Crippen molar-refractivity contribution in [2.24, 2.45) is 5.73 Å². The van der Waals surface area contributed by atoms with Gasteiger partial charge in [-0.15, -0.1) is 12.4 Å². The Morgan fingerprint density at radius 3 is 2.35 bits per heavy atom. The number of carbonyl (C=O) groups excluding carboxylic acids is 1. The normalized spacial score (nSPS) is 16.8. The van der Waals surface area contributed by atoms with Crippen LogP contribution in [0.5, 0.6) is 0 Å². The third-order valence-electron chi connectivity index (χ3n) is 3.75. The van der Waals surface area contributed by atoms with Crippen molar-refractivity contribution in [1.82, 2.24) is 5.32 Å². The molecule has 0 saturated heterocycles. The van der Waals surface area contributed by atoms with Gasteiger partial charge in [0, 0.05) is 12.0 Å². The average Bonchev–Trinajstić information content (AvgIpc) is 2.23. The van der Waals surface area contributed by atoms with E-state index >= 15 is 0 Å².